The number of hydrogen-bond acceptors (Lipinski definition) is 2. The Labute approximate surface area is 137 Å². The van der Waals surface area contributed by atoms with E-state index in [2.05, 4.69) is 36.0 Å². The van der Waals surface area contributed by atoms with Crippen LogP contribution in [0.3, 0.4) is 0 Å². The third kappa shape index (κ3) is 3.23. The average Bonchev–Trinajstić information content (AvgIpc) is 2.91. The molecule has 3 aromatic rings. The summed E-state index contributed by atoms with van der Waals surface area (Å²) in [6.07, 6.45) is 8.50. The molecule has 0 fully saturated rings. The summed E-state index contributed by atoms with van der Waals surface area (Å²) in [5.74, 6) is 3.33. The van der Waals surface area contributed by atoms with Crippen molar-refractivity contribution in [3.05, 3.63) is 59.9 Å². The maximum atomic E-state index is 8.95. The molecule has 114 valence electrons. The number of nitrogens with zero attached hydrogens (tertiary/aromatic N) is 3. The Morgan fingerprint density at radius 1 is 1.04 bits per heavy atom. The molecule has 2 aromatic heterocycles. The summed E-state index contributed by atoms with van der Waals surface area (Å²) in [5, 5.41) is 12.3. The van der Waals surface area contributed by atoms with Gasteiger partial charge in [-0.1, -0.05) is 18.2 Å². The van der Waals surface area contributed by atoms with E-state index >= 15 is 0 Å². The van der Waals surface area contributed by atoms with Crippen LogP contribution in [-0.4, -0.2) is 28.2 Å². The minimum atomic E-state index is -0.924. The highest BCUT2D eigenvalue weighted by Gasteiger charge is 2.12. The number of imidazole rings is 1. The van der Waals surface area contributed by atoms with Crippen LogP contribution in [0.25, 0.3) is 16.9 Å². The van der Waals surface area contributed by atoms with Gasteiger partial charge in [-0.15, -0.1) is 0 Å². The van der Waals surface area contributed by atoms with E-state index in [0.29, 0.717) is 5.56 Å². The molecule has 0 amide bonds. The van der Waals surface area contributed by atoms with Crippen molar-refractivity contribution >= 4 is 15.7 Å². The van der Waals surface area contributed by atoms with Crippen molar-refractivity contribution in [2.24, 2.45) is 0 Å². The minimum Gasteiger partial charge on any atom is -0.292 e. The van der Waals surface area contributed by atoms with Crippen LogP contribution in [0.15, 0.2) is 48.7 Å². The van der Waals surface area contributed by atoms with Gasteiger partial charge in [0, 0.05) is 11.8 Å². The molecule has 0 saturated carbocycles. The smallest absolute Gasteiger partial charge is 0.138 e. The molecule has 0 aliphatic carbocycles. The number of hydrogen-bond donors (Lipinski definition) is 0. The number of aromatic nitrogens is 2. The zero-order chi connectivity index (χ0) is 16.4. The Morgan fingerprint density at radius 3 is 2.43 bits per heavy atom. The SMILES string of the molecule is CS(C)(C)C#Cc1c(-c2ccc(C#N)cc2)nc2ccccn12. The molecule has 0 radical (unpaired) electrons. The van der Waals surface area contributed by atoms with Crippen LogP contribution < -0.4 is 0 Å². The van der Waals surface area contributed by atoms with E-state index in [1.165, 1.54) is 0 Å². The quantitative estimate of drug-likeness (QED) is 0.639. The molecule has 0 saturated heterocycles. The molecule has 3 rings (SSSR count). The van der Waals surface area contributed by atoms with Gasteiger partial charge in [-0.3, -0.25) is 4.40 Å². The molecular weight excluding hydrogens is 302 g/mol. The lowest BCUT2D eigenvalue weighted by Crippen LogP contribution is -1.91. The van der Waals surface area contributed by atoms with Crippen molar-refractivity contribution in [1.82, 2.24) is 9.38 Å². The third-order valence-electron chi connectivity index (χ3n) is 3.29. The summed E-state index contributed by atoms with van der Waals surface area (Å²) < 4.78 is 2.02. The summed E-state index contributed by atoms with van der Waals surface area (Å²) in [4.78, 5) is 4.73. The maximum absolute atomic E-state index is 8.95. The standard InChI is InChI=1S/C19H17N3S/c1-23(2,3)13-11-17-19(16-9-7-15(14-20)8-10-16)21-18-6-4-5-12-22(17)18/h4-10,12H,1-3H3. The average molecular weight is 319 g/mol. The van der Waals surface area contributed by atoms with Crippen LogP contribution >= 0.6 is 10.0 Å². The van der Waals surface area contributed by atoms with Crippen molar-refractivity contribution < 1.29 is 0 Å². The Kier molecular flexibility index (Phi) is 3.86. The van der Waals surface area contributed by atoms with E-state index in [1.807, 2.05) is 53.1 Å². The van der Waals surface area contributed by atoms with Gasteiger partial charge in [0.05, 0.1) is 11.6 Å². The first-order valence-corrected chi connectivity index (χ1v) is 10.0. The van der Waals surface area contributed by atoms with Gasteiger partial charge in [0.15, 0.2) is 0 Å². The number of fused-ring (bicyclic) bond motifs is 1. The molecular formula is C19H17N3S. The molecule has 3 nitrogen and oxygen atoms in total. The minimum absolute atomic E-state index is 0.643. The van der Waals surface area contributed by atoms with Crippen LogP contribution in [-0.2, 0) is 0 Å². The fraction of sp³-hybridized carbons (Fsp3) is 0.158. The van der Waals surface area contributed by atoms with Crippen molar-refractivity contribution in [2.45, 2.75) is 0 Å². The predicted octanol–water partition coefficient (Wildman–Crippen LogP) is 3.88. The second kappa shape index (κ2) is 5.83. The molecule has 0 N–H and O–H groups in total. The zero-order valence-electron chi connectivity index (χ0n) is 13.4. The summed E-state index contributed by atoms with van der Waals surface area (Å²) in [5.41, 5.74) is 4.25. The fourth-order valence-corrected chi connectivity index (χ4v) is 2.62. The first-order chi connectivity index (χ1) is 11.0. The molecule has 1 aromatic carbocycles. The summed E-state index contributed by atoms with van der Waals surface area (Å²) in [7, 11) is -0.924. The topological polar surface area (TPSA) is 41.1 Å². The predicted molar refractivity (Wildman–Crippen MR) is 97.6 cm³/mol. The van der Waals surface area contributed by atoms with Crippen molar-refractivity contribution in [3.63, 3.8) is 0 Å². The lowest BCUT2D eigenvalue weighted by molar-refractivity contribution is 1.16. The highest BCUT2D eigenvalue weighted by molar-refractivity contribution is 8.35. The Bertz CT molecular complexity index is 958. The third-order valence-corrected chi connectivity index (χ3v) is 4.01. The van der Waals surface area contributed by atoms with Crippen molar-refractivity contribution in [2.75, 3.05) is 18.8 Å². The largest absolute Gasteiger partial charge is 0.292 e. The van der Waals surface area contributed by atoms with Crippen LogP contribution in [0.2, 0.25) is 0 Å². The van der Waals surface area contributed by atoms with Crippen LogP contribution in [0.5, 0.6) is 0 Å². The molecule has 0 bridgehead atoms. The van der Waals surface area contributed by atoms with Gasteiger partial charge in [0.1, 0.15) is 17.0 Å². The van der Waals surface area contributed by atoms with Crippen LogP contribution in [0, 0.1) is 22.5 Å². The van der Waals surface area contributed by atoms with E-state index < -0.39 is 10.0 Å². The normalized spacial score (nSPS) is 11.6. The zero-order valence-corrected chi connectivity index (χ0v) is 14.2. The van der Waals surface area contributed by atoms with Gasteiger partial charge < -0.3 is 0 Å². The molecule has 0 unspecified atom stereocenters. The summed E-state index contributed by atoms with van der Waals surface area (Å²) in [6, 6.07) is 15.5. The van der Waals surface area contributed by atoms with Gasteiger partial charge in [-0.25, -0.2) is 4.98 Å². The molecule has 0 spiro atoms. The monoisotopic (exact) mass is 319 g/mol. The number of nitriles is 1. The summed E-state index contributed by atoms with van der Waals surface area (Å²) in [6.45, 7) is 0. The summed E-state index contributed by atoms with van der Waals surface area (Å²) >= 11 is 0. The Hall–Kier alpha value is -2.69. The lowest BCUT2D eigenvalue weighted by Gasteiger charge is -2.14. The first-order valence-electron chi connectivity index (χ1n) is 7.17. The molecule has 0 aliphatic heterocycles. The Morgan fingerprint density at radius 2 is 1.78 bits per heavy atom. The maximum Gasteiger partial charge on any atom is 0.138 e. The van der Waals surface area contributed by atoms with E-state index in [9.17, 15) is 0 Å². The second-order valence-corrected chi connectivity index (χ2v) is 9.87. The van der Waals surface area contributed by atoms with E-state index in [1.54, 1.807) is 0 Å². The molecule has 4 heteroatoms. The highest BCUT2D eigenvalue weighted by atomic mass is 32.3. The molecule has 23 heavy (non-hydrogen) atoms. The second-order valence-electron chi connectivity index (χ2n) is 5.99. The van der Waals surface area contributed by atoms with Gasteiger partial charge in [0.2, 0.25) is 0 Å². The Balaban J connectivity index is 2.22. The van der Waals surface area contributed by atoms with Gasteiger partial charge in [-0.2, -0.15) is 15.3 Å². The first kappa shape index (κ1) is 15.2. The van der Waals surface area contributed by atoms with Gasteiger partial charge in [-0.05, 0) is 54.2 Å². The van der Waals surface area contributed by atoms with Crippen LogP contribution in [0.1, 0.15) is 11.3 Å². The number of rotatable bonds is 1. The van der Waals surface area contributed by atoms with Crippen molar-refractivity contribution in [3.8, 4) is 28.5 Å². The fourth-order valence-electron chi connectivity index (χ4n) is 2.22. The molecule has 0 aliphatic rings. The van der Waals surface area contributed by atoms with E-state index in [0.717, 1.165) is 22.6 Å². The van der Waals surface area contributed by atoms with Crippen LogP contribution in [0.4, 0.5) is 0 Å². The number of pyridine rings is 1. The van der Waals surface area contributed by atoms with E-state index in [-0.39, 0.29) is 0 Å². The highest BCUT2D eigenvalue weighted by Crippen LogP contribution is 2.33. The van der Waals surface area contributed by atoms with Gasteiger partial charge >= 0.3 is 0 Å². The lowest BCUT2D eigenvalue weighted by atomic mass is 10.1. The molecule has 0 atom stereocenters. The molecule has 2 heterocycles. The van der Waals surface area contributed by atoms with Gasteiger partial charge in [0.25, 0.3) is 0 Å². The number of benzene rings is 1. The van der Waals surface area contributed by atoms with Crippen molar-refractivity contribution in [1.29, 1.82) is 5.26 Å². The van der Waals surface area contributed by atoms with E-state index in [4.69, 9.17) is 10.2 Å².